The van der Waals surface area contributed by atoms with Crippen LogP contribution in [-0.2, 0) is 39.8 Å². The number of aromatic nitrogens is 1. The second kappa shape index (κ2) is 28.3. The van der Waals surface area contributed by atoms with E-state index in [1.807, 2.05) is 46.6 Å². The largest absolute Gasteiger partial charge is 0.508 e. The van der Waals surface area contributed by atoms with E-state index in [-0.39, 0.29) is 67.3 Å². The number of likely N-dealkylation sites (tertiary alicyclic amines) is 1. The third-order valence-corrected chi connectivity index (χ3v) is 12.7. The van der Waals surface area contributed by atoms with Gasteiger partial charge in [-0.1, -0.05) is 86.3 Å². The molecule has 1 fully saturated rings. The van der Waals surface area contributed by atoms with Crippen LogP contribution < -0.4 is 21.5 Å². The van der Waals surface area contributed by atoms with Crippen LogP contribution in [0.25, 0.3) is 0 Å². The number of nitrogens with zero attached hydrogens (tertiary/aromatic N) is 3. The number of carbonyl (C=O) groups is 6. The van der Waals surface area contributed by atoms with Gasteiger partial charge < -0.3 is 34.9 Å². The number of hydrogen-bond donors (Lipinski definition) is 5. The molecule has 1 aromatic carbocycles. The minimum Gasteiger partial charge on any atom is -0.508 e. The highest BCUT2D eigenvalue weighted by Crippen LogP contribution is 2.32. The first-order valence-corrected chi connectivity index (χ1v) is 24.2. The number of likely N-dealkylation sites (N-methyl/N-ethyl adjacent to an activating group) is 1. The molecule has 5 N–H and O–H groups in total. The molecule has 0 bridgehead atoms. The predicted octanol–water partition coefficient (Wildman–Crippen LogP) is 6.41. The number of hydrazine groups is 1. The molecule has 2 aromatic rings. The van der Waals surface area contributed by atoms with Crippen molar-refractivity contribution in [2.24, 2.45) is 17.8 Å². The van der Waals surface area contributed by atoms with Gasteiger partial charge in [0.25, 0.3) is 5.91 Å². The number of esters is 1. The number of benzene rings is 1. The maximum atomic E-state index is 14.9. The fourth-order valence-electron chi connectivity index (χ4n) is 7.75. The van der Waals surface area contributed by atoms with Crippen molar-refractivity contribution in [1.82, 2.24) is 36.3 Å². The van der Waals surface area contributed by atoms with E-state index in [0.29, 0.717) is 37.3 Å². The van der Waals surface area contributed by atoms with E-state index in [1.165, 1.54) is 19.1 Å². The van der Waals surface area contributed by atoms with Crippen LogP contribution in [0.5, 0.6) is 5.75 Å². The molecule has 1 aromatic heterocycles. The summed E-state index contributed by atoms with van der Waals surface area (Å²) in [6, 6.07) is 4.23. The van der Waals surface area contributed by atoms with Crippen LogP contribution in [0.2, 0.25) is 0 Å². The van der Waals surface area contributed by atoms with E-state index in [4.69, 9.17) is 14.2 Å². The summed E-state index contributed by atoms with van der Waals surface area (Å²) < 4.78 is 17.0. The van der Waals surface area contributed by atoms with Gasteiger partial charge >= 0.3 is 12.1 Å². The Balaban J connectivity index is 1.91. The van der Waals surface area contributed by atoms with Gasteiger partial charge in [0.1, 0.15) is 29.2 Å². The summed E-state index contributed by atoms with van der Waals surface area (Å²) >= 11 is 1.14. The number of piperidine rings is 1. The Morgan fingerprint density at radius 2 is 1.66 bits per heavy atom. The van der Waals surface area contributed by atoms with Gasteiger partial charge in [-0.15, -0.1) is 11.3 Å². The minimum atomic E-state index is -0.942. The monoisotopic (exact) mass is 930 g/mol. The van der Waals surface area contributed by atoms with E-state index in [2.05, 4.69) is 33.4 Å². The molecule has 17 nitrogen and oxygen atoms in total. The number of phenols is 1. The average Bonchev–Trinajstić information content (AvgIpc) is 3.78. The number of amides is 5. The molecule has 5 amide bonds. The summed E-state index contributed by atoms with van der Waals surface area (Å²) in [5.41, 5.74) is 5.46. The molecule has 1 saturated heterocycles. The van der Waals surface area contributed by atoms with E-state index >= 15 is 0 Å². The smallest absolute Gasteiger partial charge is 0.426 e. The van der Waals surface area contributed by atoms with Gasteiger partial charge in [-0.2, -0.15) is 0 Å². The SMILES string of the molecule is CCCCCOCN(C(=O)[C@@H](NC(=O)[C@H]1CCCCN1C)C(C)CC)C(C[C@@H](OC(C)=O)c1nc(C(=O)N[C@@H](Cc2ccc(O)cc2)C[C@H](C)C(=O)NNC(=O)OCCC)cs1)C(C)C. The lowest BCUT2D eigenvalue weighted by Crippen LogP contribution is -2.59. The van der Waals surface area contributed by atoms with E-state index in [9.17, 15) is 33.9 Å². The van der Waals surface area contributed by atoms with Crippen molar-refractivity contribution < 1.29 is 48.1 Å². The first-order valence-electron chi connectivity index (χ1n) is 23.3. The van der Waals surface area contributed by atoms with Gasteiger partial charge in [0.2, 0.25) is 17.7 Å². The quantitative estimate of drug-likeness (QED) is 0.0299. The molecule has 3 rings (SSSR count). The molecule has 18 heteroatoms. The van der Waals surface area contributed by atoms with Crippen LogP contribution in [0.15, 0.2) is 29.6 Å². The summed E-state index contributed by atoms with van der Waals surface area (Å²) in [6.45, 7) is 16.2. The molecule has 2 unspecified atom stereocenters. The molecule has 0 saturated carbocycles. The molecule has 1 aliphatic heterocycles. The molecular weight excluding hydrogens is 855 g/mol. The normalized spacial score (nSPS) is 16.9. The van der Waals surface area contributed by atoms with Gasteiger partial charge in [0.05, 0.1) is 12.6 Å². The molecule has 65 heavy (non-hydrogen) atoms. The lowest BCUT2D eigenvalue weighted by atomic mass is 9.92. The summed E-state index contributed by atoms with van der Waals surface area (Å²) in [7, 11) is 1.94. The van der Waals surface area contributed by atoms with Gasteiger partial charge in [0.15, 0.2) is 6.10 Å². The van der Waals surface area contributed by atoms with Gasteiger partial charge in [-0.3, -0.25) is 34.3 Å². The number of phenolic OH excluding ortho intramolecular Hbond substituents is 1. The number of carbonyl (C=O) groups excluding carboxylic acids is 6. The zero-order valence-electron chi connectivity index (χ0n) is 40.0. The fourth-order valence-corrected chi connectivity index (χ4v) is 8.58. The average molecular weight is 930 g/mol. The van der Waals surface area contributed by atoms with E-state index < -0.39 is 54.0 Å². The zero-order chi connectivity index (χ0) is 48.1. The molecule has 0 spiro atoms. The lowest BCUT2D eigenvalue weighted by Gasteiger charge is -2.40. The Bertz CT molecular complexity index is 1810. The summed E-state index contributed by atoms with van der Waals surface area (Å²) in [4.78, 5) is 88.6. The highest BCUT2D eigenvalue weighted by atomic mass is 32.1. The van der Waals surface area contributed by atoms with E-state index in [0.717, 1.165) is 55.5 Å². The summed E-state index contributed by atoms with van der Waals surface area (Å²) in [5.74, 6) is -2.98. The number of thiazole rings is 1. The third kappa shape index (κ3) is 18.2. The topological polar surface area (TPSA) is 218 Å². The van der Waals surface area contributed by atoms with Crippen molar-refractivity contribution >= 4 is 47.0 Å². The highest BCUT2D eigenvalue weighted by Gasteiger charge is 2.39. The van der Waals surface area contributed by atoms with Crippen LogP contribution in [-0.4, -0.2) is 113 Å². The molecule has 7 atom stereocenters. The lowest BCUT2D eigenvalue weighted by molar-refractivity contribution is -0.153. The van der Waals surface area contributed by atoms with Gasteiger partial charge in [0, 0.05) is 43.3 Å². The van der Waals surface area contributed by atoms with Crippen LogP contribution >= 0.6 is 11.3 Å². The maximum Gasteiger partial charge on any atom is 0.426 e. The van der Waals surface area contributed by atoms with Crippen molar-refractivity contribution in [3.05, 3.63) is 45.9 Å². The molecule has 0 aliphatic carbocycles. The number of nitrogens with one attached hydrogen (secondary N) is 4. The Morgan fingerprint density at radius 1 is 0.938 bits per heavy atom. The minimum absolute atomic E-state index is 0.0340. The Labute approximate surface area is 389 Å². The van der Waals surface area contributed by atoms with Crippen molar-refractivity contribution in [3.8, 4) is 5.75 Å². The zero-order valence-corrected chi connectivity index (χ0v) is 40.8. The van der Waals surface area contributed by atoms with Crippen LogP contribution in [0, 0.1) is 17.8 Å². The van der Waals surface area contributed by atoms with Crippen LogP contribution in [0.3, 0.4) is 0 Å². The van der Waals surface area contributed by atoms with Crippen molar-refractivity contribution in [2.75, 3.05) is 33.5 Å². The number of rotatable bonds is 26. The third-order valence-electron chi connectivity index (χ3n) is 11.8. The molecular formula is C47H75N7O10S. The number of ether oxygens (including phenoxy) is 3. The van der Waals surface area contributed by atoms with Gasteiger partial charge in [-0.25, -0.2) is 15.2 Å². The maximum absolute atomic E-state index is 14.9. The Kier molecular flexibility index (Phi) is 23.7. The molecule has 364 valence electrons. The van der Waals surface area contributed by atoms with Crippen LogP contribution in [0.1, 0.15) is 147 Å². The second-order valence-corrected chi connectivity index (χ2v) is 18.5. The summed E-state index contributed by atoms with van der Waals surface area (Å²) in [5, 5.41) is 17.9. The van der Waals surface area contributed by atoms with E-state index in [1.54, 1.807) is 29.3 Å². The molecule has 0 radical (unpaired) electrons. The van der Waals surface area contributed by atoms with Crippen LogP contribution in [0.4, 0.5) is 4.79 Å². The fraction of sp³-hybridized carbons (Fsp3) is 0.681. The second-order valence-electron chi connectivity index (χ2n) is 17.6. The number of unbranched alkanes of at least 4 members (excludes halogenated alkanes) is 2. The standard InChI is InChI=1S/C47H75N7O10S/c1-10-13-16-24-62-29-54(46(60)41(31(6)12-3)50-44(59)38-17-14-15-22-53(38)9)39(30(4)5)27-40(64-33(8)55)45-49-37(28-65-45)43(58)48-35(26-34-18-20-36(56)21-19-34)25-32(7)42(57)51-52-47(61)63-23-11-2/h18-21,28,30-32,35,38-41,56H,10-17,22-27,29H2,1-9H3,(H,48,58)(H,50,59)(H,51,57)(H,52,61)/t31?,32-,35+,38+,39?,40+,41-/m0/s1. The highest BCUT2D eigenvalue weighted by molar-refractivity contribution is 7.09. The van der Waals surface area contributed by atoms with Crippen molar-refractivity contribution in [3.63, 3.8) is 0 Å². The number of aromatic hydroxyl groups is 1. The first kappa shape index (κ1) is 54.5. The first-order chi connectivity index (χ1) is 31.0. The van der Waals surface area contributed by atoms with Crippen molar-refractivity contribution in [2.45, 2.75) is 156 Å². The number of hydrogen-bond acceptors (Lipinski definition) is 13. The molecule has 2 heterocycles. The van der Waals surface area contributed by atoms with Crippen molar-refractivity contribution in [1.29, 1.82) is 0 Å². The predicted molar refractivity (Wildman–Crippen MR) is 248 cm³/mol. The summed E-state index contributed by atoms with van der Waals surface area (Å²) in [6.07, 6.45) is 5.60. The Hall–Kier alpha value is -4.81. The van der Waals surface area contributed by atoms with Gasteiger partial charge in [-0.05, 0) is 81.6 Å². The Morgan fingerprint density at radius 3 is 2.29 bits per heavy atom. The molecule has 1 aliphatic rings.